The summed E-state index contributed by atoms with van der Waals surface area (Å²) in [4.78, 5) is 16.1. The topological polar surface area (TPSA) is 78.3 Å². The van der Waals surface area contributed by atoms with E-state index in [0.717, 1.165) is 3.97 Å². The lowest BCUT2D eigenvalue weighted by atomic mass is 10.1. The molecule has 8 heteroatoms. The zero-order valence-electron chi connectivity index (χ0n) is 12.6. The number of hydrogen-bond acceptors (Lipinski definition) is 5. The summed E-state index contributed by atoms with van der Waals surface area (Å²) >= 11 is 3.33. The number of halogens is 1. The number of pyridine rings is 1. The van der Waals surface area contributed by atoms with Gasteiger partial charge in [0.05, 0.1) is 23.7 Å². The van der Waals surface area contributed by atoms with E-state index in [-0.39, 0.29) is 10.6 Å². The van der Waals surface area contributed by atoms with Gasteiger partial charge in [0.2, 0.25) is 0 Å². The van der Waals surface area contributed by atoms with Crippen LogP contribution in [0.2, 0.25) is 0 Å². The van der Waals surface area contributed by atoms with Gasteiger partial charge in [-0.1, -0.05) is 34.1 Å². The van der Waals surface area contributed by atoms with Crippen molar-refractivity contribution < 1.29 is 17.9 Å². The minimum Gasteiger partial charge on any atom is -0.464 e. The molecule has 0 aliphatic carbocycles. The highest BCUT2D eigenvalue weighted by molar-refractivity contribution is 9.08. The first-order chi connectivity index (χ1) is 11.5. The summed E-state index contributed by atoms with van der Waals surface area (Å²) in [6.07, 6.45) is 2.83. The van der Waals surface area contributed by atoms with Crippen molar-refractivity contribution in [3.8, 4) is 0 Å². The smallest absolute Gasteiger partial charge is 0.356 e. The number of carbonyl (C=O) groups is 1. The van der Waals surface area contributed by atoms with Crippen molar-refractivity contribution in [1.29, 1.82) is 0 Å². The predicted octanol–water partition coefficient (Wildman–Crippen LogP) is 2.95. The van der Waals surface area contributed by atoms with E-state index >= 15 is 0 Å². The van der Waals surface area contributed by atoms with Gasteiger partial charge in [0, 0.05) is 22.5 Å². The third-order valence-electron chi connectivity index (χ3n) is 3.63. The Labute approximate surface area is 147 Å². The highest BCUT2D eigenvalue weighted by Gasteiger charge is 2.22. The minimum absolute atomic E-state index is 0.164. The van der Waals surface area contributed by atoms with E-state index in [2.05, 4.69) is 20.9 Å². The van der Waals surface area contributed by atoms with Gasteiger partial charge in [-0.25, -0.2) is 22.2 Å². The molecule has 6 nitrogen and oxygen atoms in total. The second kappa shape index (κ2) is 6.37. The molecular formula is C16H13BrN2O4S. The second-order valence-electron chi connectivity index (χ2n) is 4.94. The maximum Gasteiger partial charge on any atom is 0.356 e. The van der Waals surface area contributed by atoms with Crippen molar-refractivity contribution >= 4 is 42.8 Å². The Morgan fingerprint density at radius 2 is 1.96 bits per heavy atom. The van der Waals surface area contributed by atoms with Crippen molar-refractivity contribution in [2.45, 2.75) is 10.2 Å². The Morgan fingerprint density at radius 1 is 1.25 bits per heavy atom. The lowest BCUT2D eigenvalue weighted by molar-refractivity contribution is 0.0593. The van der Waals surface area contributed by atoms with E-state index < -0.39 is 16.0 Å². The monoisotopic (exact) mass is 408 g/mol. The summed E-state index contributed by atoms with van der Waals surface area (Å²) < 4.78 is 31.5. The standard InChI is InChI=1S/C16H13BrN2O4S/c1-23-16(20)15-13(9-17)12-7-8-19(14(12)10-18-15)24(21,22)11-5-3-2-4-6-11/h2-8,10H,9H2,1H3. The highest BCUT2D eigenvalue weighted by atomic mass is 79.9. The first kappa shape index (κ1) is 16.7. The van der Waals surface area contributed by atoms with Crippen LogP contribution in [0.4, 0.5) is 0 Å². The molecule has 2 aromatic heterocycles. The van der Waals surface area contributed by atoms with Crippen LogP contribution < -0.4 is 0 Å². The normalized spacial score (nSPS) is 11.6. The molecule has 24 heavy (non-hydrogen) atoms. The molecule has 0 bridgehead atoms. The fourth-order valence-corrected chi connectivity index (χ4v) is 4.38. The number of hydrogen-bond donors (Lipinski definition) is 0. The van der Waals surface area contributed by atoms with E-state index in [0.29, 0.717) is 21.8 Å². The molecule has 0 atom stereocenters. The second-order valence-corrected chi connectivity index (χ2v) is 7.31. The van der Waals surface area contributed by atoms with Crippen LogP contribution in [0.15, 0.2) is 53.7 Å². The number of nitrogens with zero attached hydrogens (tertiary/aromatic N) is 2. The Kier molecular flexibility index (Phi) is 4.42. The van der Waals surface area contributed by atoms with Gasteiger partial charge in [0.25, 0.3) is 10.0 Å². The Balaban J connectivity index is 2.25. The van der Waals surface area contributed by atoms with Crippen LogP contribution in [0.1, 0.15) is 16.1 Å². The zero-order chi connectivity index (χ0) is 17.3. The molecular weight excluding hydrogens is 396 g/mol. The number of methoxy groups -OCH3 is 1. The minimum atomic E-state index is -3.74. The zero-order valence-corrected chi connectivity index (χ0v) is 15.0. The molecule has 0 amide bonds. The molecule has 0 radical (unpaired) electrons. The van der Waals surface area contributed by atoms with E-state index in [9.17, 15) is 13.2 Å². The molecule has 3 rings (SSSR count). The predicted molar refractivity (Wildman–Crippen MR) is 92.7 cm³/mol. The number of rotatable bonds is 4. The van der Waals surface area contributed by atoms with Gasteiger partial charge in [-0.05, 0) is 18.2 Å². The molecule has 2 heterocycles. The Bertz CT molecular complexity index is 1010. The molecule has 0 fully saturated rings. The number of benzene rings is 1. The van der Waals surface area contributed by atoms with Gasteiger partial charge >= 0.3 is 5.97 Å². The van der Waals surface area contributed by atoms with Crippen LogP contribution in [0.3, 0.4) is 0 Å². The van der Waals surface area contributed by atoms with Gasteiger partial charge in [-0.2, -0.15) is 0 Å². The lowest BCUT2D eigenvalue weighted by Gasteiger charge is -2.09. The average Bonchev–Trinajstić information content (AvgIpc) is 3.05. The molecule has 124 valence electrons. The summed E-state index contributed by atoms with van der Waals surface area (Å²) in [5.74, 6) is -0.565. The first-order valence-electron chi connectivity index (χ1n) is 6.94. The van der Waals surface area contributed by atoms with Crippen LogP contribution in [0, 0.1) is 0 Å². The van der Waals surface area contributed by atoms with Gasteiger partial charge in [-0.15, -0.1) is 0 Å². The fraction of sp³-hybridized carbons (Fsp3) is 0.125. The molecule has 0 saturated carbocycles. The SMILES string of the molecule is COC(=O)c1ncc2c(ccn2S(=O)(=O)c2ccccc2)c1CBr. The van der Waals surface area contributed by atoms with Crippen LogP contribution in [-0.4, -0.2) is 30.5 Å². The maximum atomic E-state index is 12.8. The number of ether oxygens (including phenoxy) is 1. The summed E-state index contributed by atoms with van der Waals surface area (Å²) in [6.45, 7) is 0. The maximum absolute atomic E-state index is 12.8. The quantitative estimate of drug-likeness (QED) is 0.489. The van der Waals surface area contributed by atoms with Crippen molar-refractivity contribution in [2.75, 3.05) is 7.11 Å². The number of carbonyl (C=O) groups excluding carboxylic acids is 1. The molecule has 0 aliphatic heterocycles. The van der Waals surface area contributed by atoms with Gasteiger partial charge in [0.1, 0.15) is 0 Å². The van der Waals surface area contributed by atoms with E-state index in [1.54, 1.807) is 24.3 Å². The summed E-state index contributed by atoms with van der Waals surface area (Å²) in [5, 5.41) is 0.971. The van der Waals surface area contributed by atoms with Crippen molar-refractivity contribution in [2.24, 2.45) is 0 Å². The van der Waals surface area contributed by atoms with E-state index in [1.165, 1.54) is 31.6 Å². The molecule has 0 spiro atoms. The van der Waals surface area contributed by atoms with Gasteiger partial charge in [0.15, 0.2) is 5.69 Å². The van der Waals surface area contributed by atoms with Crippen molar-refractivity contribution in [3.05, 3.63) is 60.0 Å². The molecule has 0 aliphatic rings. The van der Waals surface area contributed by atoms with E-state index in [1.807, 2.05) is 0 Å². The number of alkyl halides is 1. The summed E-state index contributed by atoms with van der Waals surface area (Å²) in [6, 6.07) is 9.79. The fourth-order valence-electron chi connectivity index (χ4n) is 2.46. The summed E-state index contributed by atoms with van der Waals surface area (Å²) in [7, 11) is -2.47. The first-order valence-corrected chi connectivity index (χ1v) is 9.50. The van der Waals surface area contributed by atoms with Crippen LogP contribution >= 0.6 is 15.9 Å². The van der Waals surface area contributed by atoms with Crippen molar-refractivity contribution in [3.63, 3.8) is 0 Å². The van der Waals surface area contributed by atoms with Gasteiger partial charge in [-0.3, -0.25) is 0 Å². The van der Waals surface area contributed by atoms with Crippen molar-refractivity contribution in [1.82, 2.24) is 8.96 Å². The Morgan fingerprint density at radius 3 is 2.58 bits per heavy atom. The van der Waals surface area contributed by atoms with Crippen LogP contribution in [-0.2, 0) is 20.1 Å². The molecule has 0 N–H and O–H groups in total. The summed E-state index contributed by atoms with van der Waals surface area (Å²) in [5.41, 5.74) is 1.15. The highest BCUT2D eigenvalue weighted by Crippen LogP contribution is 2.27. The van der Waals surface area contributed by atoms with Gasteiger partial charge < -0.3 is 4.74 Å². The third kappa shape index (κ3) is 2.61. The average molecular weight is 409 g/mol. The number of aromatic nitrogens is 2. The lowest BCUT2D eigenvalue weighted by Crippen LogP contribution is -2.13. The largest absolute Gasteiger partial charge is 0.464 e. The number of esters is 1. The third-order valence-corrected chi connectivity index (χ3v) is 5.89. The molecule has 0 saturated heterocycles. The number of fused-ring (bicyclic) bond motifs is 1. The molecule has 1 aromatic carbocycles. The Hall–Kier alpha value is -2.19. The van der Waals surface area contributed by atoms with E-state index in [4.69, 9.17) is 4.74 Å². The van der Waals surface area contributed by atoms with Crippen LogP contribution in [0.5, 0.6) is 0 Å². The molecule has 3 aromatic rings. The molecule has 0 unspecified atom stereocenters. The van der Waals surface area contributed by atoms with Crippen LogP contribution in [0.25, 0.3) is 10.9 Å².